The summed E-state index contributed by atoms with van der Waals surface area (Å²) in [5.74, 6) is 1.38. The largest absolute Gasteiger partial charge is 0.391 e. The molecule has 0 aliphatic heterocycles. The topological polar surface area (TPSA) is 70.1 Å². The summed E-state index contributed by atoms with van der Waals surface area (Å²) >= 11 is 3.47. The summed E-state index contributed by atoms with van der Waals surface area (Å²) in [5.41, 5.74) is 0. The number of nitrogens with zero attached hydrogens (tertiary/aromatic N) is 2. The van der Waals surface area contributed by atoms with E-state index in [1.165, 1.54) is 6.42 Å². The number of hydrogen-bond acceptors (Lipinski definition) is 5. The molecule has 112 valence electrons. The highest BCUT2D eigenvalue weighted by Crippen LogP contribution is 2.25. The molecule has 1 aliphatic rings. The Morgan fingerprint density at radius 3 is 2.95 bits per heavy atom. The third-order valence-electron chi connectivity index (χ3n) is 3.58. The van der Waals surface area contributed by atoms with Crippen LogP contribution in [0, 0.1) is 0 Å². The van der Waals surface area contributed by atoms with Gasteiger partial charge in [-0.25, -0.2) is 4.98 Å². The summed E-state index contributed by atoms with van der Waals surface area (Å²) in [6.45, 7) is 2.96. The summed E-state index contributed by atoms with van der Waals surface area (Å²) in [6, 6.07) is 0.0720. The Balaban J connectivity index is 2.06. The van der Waals surface area contributed by atoms with E-state index in [2.05, 4.69) is 43.5 Å². The smallest absolute Gasteiger partial charge is 0.224 e. The molecule has 1 heterocycles. The molecule has 2 rings (SSSR count). The zero-order valence-electron chi connectivity index (χ0n) is 11.9. The fraction of sp³-hybridized carbons (Fsp3) is 0.714. The maximum absolute atomic E-state index is 10.2. The molecule has 0 spiro atoms. The summed E-state index contributed by atoms with van der Waals surface area (Å²) < 4.78 is 0.830. The zero-order chi connectivity index (χ0) is 14.4. The lowest BCUT2D eigenvalue weighted by Gasteiger charge is -2.23. The van der Waals surface area contributed by atoms with Gasteiger partial charge in [0.2, 0.25) is 5.95 Å². The molecule has 1 aliphatic carbocycles. The van der Waals surface area contributed by atoms with Gasteiger partial charge in [-0.3, -0.25) is 0 Å². The van der Waals surface area contributed by atoms with Crippen molar-refractivity contribution in [2.24, 2.45) is 0 Å². The minimum absolute atomic E-state index is 0.0720. The number of aliphatic hydroxyl groups excluding tert-OH is 1. The van der Waals surface area contributed by atoms with Gasteiger partial charge in [0.15, 0.2) is 0 Å². The molecule has 3 N–H and O–H groups in total. The molecule has 20 heavy (non-hydrogen) atoms. The van der Waals surface area contributed by atoms with Crippen LogP contribution in [0.15, 0.2) is 10.7 Å². The van der Waals surface area contributed by atoms with Crippen molar-refractivity contribution in [2.45, 2.75) is 57.6 Å². The molecule has 0 amide bonds. The molecule has 5 nitrogen and oxygen atoms in total. The van der Waals surface area contributed by atoms with E-state index in [0.29, 0.717) is 5.95 Å². The lowest BCUT2D eigenvalue weighted by molar-refractivity contribution is 0.144. The van der Waals surface area contributed by atoms with E-state index >= 15 is 0 Å². The van der Waals surface area contributed by atoms with Gasteiger partial charge in [0.25, 0.3) is 0 Å². The third kappa shape index (κ3) is 4.31. The first-order valence-electron chi connectivity index (χ1n) is 7.41. The molecule has 6 heteroatoms. The minimum Gasteiger partial charge on any atom is -0.391 e. The molecule has 1 fully saturated rings. The first-order valence-corrected chi connectivity index (χ1v) is 8.21. The van der Waals surface area contributed by atoms with Gasteiger partial charge >= 0.3 is 0 Å². The van der Waals surface area contributed by atoms with E-state index < -0.39 is 0 Å². The summed E-state index contributed by atoms with van der Waals surface area (Å²) in [6.07, 6.45) is 7.78. The van der Waals surface area contributed by atoms with Gasteiger partial charge < -0.3 is 15.7 Å². The van der Waals surface area contributed by atoms with Crippen LogP contribution in [0.3, 0.4) is 0 Å². The van der Waals surface area contributed by atoms with Crippen molar-refractivity contribution in [3.8, 4) is 0 Å². The normalized spacial score (nSPS) is 23.1. The Hall–Kier alpha value is -0.880. The molecule has 1 aromatic heterocycles. The number of nitrogens with one attached hydrogen (secondary N) is 2. The van der Waals surface area contributed by atoms with Gasteiger partial charge in [0, 0.05) is 12.7 Å². The van der Waals surface area contributed by atoms with Gasteiger partial charge in [-0.05, 0) is 35.2 Å². The molecule has 0 aromatic carbocycles. The first kappa shape index (κ1) is 15.5. The van der Waals surface area contributed by atoms with Crippen LogP contribution in [0.1, 0.15) is 45.4 Å². The van der Waals surface area contributed by atoms with Gasteiger partial charge in [0.05, 0.1) is 16.6 Å². The van der Waals surface area contributed by atoms with Crippen molar-refractivity contribution in [1.29, 1.82) is 0 Å². The maximum atomic E-state index is 10.2. The van der Waals surface area contributed by atoms with Crippen LogP contribution in [0.4, 0.5) is 11.8 Å². The number of halogens is 1. The molecule has 1 aromatic rings. The van der Waals surface area contributed by atoms with Crippen molar-refractivity contribution in [3.05, 3.63) is 10.7 Å². The zero-order valence-corrected chi connectivity index (χ0v) is 13.5. The van der Waals surface area contributed by atoms with Crippen LogP contribution in [0.5, 0.6) is 0 Å². The Morgan fingerprint density at radius 2 is 2.15 bits per heavy atom. The second-order valence-electron chi connectivity index (χ2n) is 5.27. The summed E-state index contributed by atoms with van der Waals surface area (Å²) in [5, 5.41) is 16.7. The highest BCUT2D eigenvalue weighted by atomic mass is 79.9. The molecule has 0 radical (unpaired) electrons. The number of aromatic nitrogens is 2. The van der Waals surface area contributed by atoms with Crippen LogP contribution in [-0.2, 0) is 0 Å². The third-order valence-corrected chi connectivity index (χ3v) is 4.16. The highest BCUT2D eigenvalue weighted by Gasteiger charge is 2.22. The van der Waals surface area contributed by atoms with Crippen LogP contribution >= 0.6 is 15.9 Å². The average Bonchev–Trinajstić information content (AvgIpc) is 2.65. The SMILES string of the molecule is CCCNc1ncc(Br)c(NC2CCCCCC2O)n1. The number of rotatable bonds is 5. The number of anilines is 2. The van der Waals surface area contributed by atoms with Crippen LogP contribution in [-0.4, -0.2) is 33.8 Å². The second kappa shape index (κ2) is 7.78. The van der Waals surface area contributed by atoms with Gasteiger partial charge in [0.1, 0.15) is 5.82 Å². The monoisotopic (exact) mass is 342 g/mol. The van der Waals surface area contributed by atoms with Crippen molar-refractivity contribution >= 4 is 27.7 Å². The highest BCUT2D eigenvalue weighted by molar-refractivity contribution is 9.10. The molecule has 2 unspecified atom stereocenters. The number of aliphatic hydroxyl groups is 1. The van der Waals surface area contributed by atoms with Gasteiger partial charge in [-0.2, -0.15) is 4.98 Å². The minimum atomic E-state index is -0.300. The predicted octanol–water partition coefficient (Wildman–Crippen LogP) is 3.17. The van der Waals surface area contributed by atoms with E-state index in [9.17, 15) is 5.11 Å². The van der Waals surface area contributed by atoms with E-state index in [-0.39, 0.29) is 12.1 Å². The summed E-state index contributed by atoms with van der Waals surface area (Å²) in [7, 11) is 0. The molecular formula is C14H23BrN4O. The van der Waals surface area contributed by atoms with Crippen LogP contribution in [0.2, 0.25) is 0 Å². The Labute approximate surface area is 128 Å². The molecule has 1 saturated carbocycles. The van der Waals surface area contributed by atoms with E-state index in [1.807, 2.05) is 0 Å². The summed E-state index contributed by atoms with van der Waals surface area (Å²) in [4.78, 5) is 8.71. The standard InChI is InChI=1S/C14H23BrN4O/c1-2-8-16-14-17-9-10(15)13(19-14)18-11-6-4-3-5-7-12(11)20/h9,11-12,20H,2-8H2,1H3,(H2,16,17,18,19). The van der Waals surface area contributed by atoms with E-state index in [0.717, 1.165) is 48.9 Å². The Bertz CT molecular complexity index is 430. The van der Waals surface area contributed by atoms with Gasteiger partial charge in [-0.15, -0.1) is 0 Å². The fourth-order valence-electron chi connectivity index (χ4n) is 2.42. The Kier molecular flexibility index (Phi) is 6.04. The lowest BCUT2D eigenvalue weighted by Crippen LogP contribution is -2.33. The second-order valence-corrected chi connectivity index (χ2v) is 6.13. The number of hydrogen-bond donors (Lipinski definition) is 3. The molecule has 0 bridgehead atoms. The molecule has 0 saturated heterocycles. The van der Waals surface area contributed by atoms with Crippen molar-refractivity contribution < 1.29 is 5.11 Å². The lowest BCUT2D eigenvalue weighted by atomic mass is 10.1. The van der Waals surface area contributed by atoms with Crippen LogP contribution < -0.4 is 10.6 Å². The predicted molar refractivity (Wildman–Crippen MR) is 85.0 cm³/mol. The maximum Gasteiger partial charge on any atom is 0.224 e. The van der Waals surface area contributed by atoms with Gasteiger partial charge in [-0.1, -0.05) is 26.2 Å². The first-order chi connectivity index (χ1) is 9.70. The fourth-order valence-corrected chi connectivity index (χ4v) is 2.73. The van der Waals surface area contributed by atoms with E-state index in [4.69, 9.17) is 0 Å². The molecule has 2 atom stereocenters. The van der Waals surface area contributed by atoms with Crippen molar-refractivity contribution in [1.82, 2.24) is 9.97 Å². The average molecular weight is 343 g/mol. The van der Waals surface area contributed by atoms with Crippen LogP contribution in [0.25, 0.3) is 0 Å². The van der Waals surface area contributed by atoms with Crippen molar-refractivity contribution in [3.63, 3.8) is 0 Å². The van der Waals surface area contributed by atoms with E-state index in [1.54, 1.807) is 6.20 Å². The molecular weight excluding hydrogens is 320 g/mol. The quantitative estimate of drug-likeness (QED) is 0.717. The Morgan fingerprint density at radius 1 is 1.35 bits per heavy atom. The van der Waals surface area contributed by atoms with Crippen molar-refractivity contribution in [2.75, 3.05) is 17.2 Å².